The van der Waals surface area contributed by atoms with E-state index in [1.165, 1.54) is 0 Å². The van der Waals surface area contributed by atoms with Crippen molar-refractivity contribution in [1.29, 1.82) is 0 Å². The third-order valence-corrected chi connectivity index (χ3v) is 8.84. The summed E-state index contributed by atoms with van der Waals surface area (Å²) in [6, 6.07) is 11.9. The molecule has 290 valence electrons. The molecule has 2 aromatic rings. The molecule has 1 aliphatic heterocycles. The molecule has 3 rings (SSSR count). The zero-order valence-corrected chi connectivity index (χ0v) is 32.1. The predicted octanol–water partition coefficient (Wildman–Crippen LogP) is 4.49. The molecule has 0 spiro atoms. The molecule has 2 aromatic carbocycles. The van der Waals surface area contributed by atoms with Gasteiger partial charge in [-0.05, 0) is 35.4 Å². The molecule has 53 heavy (non-hydrogen) atoms. The van der Waals surface area contributed by atoms with Gasteiger partial charge in [-0.2, -0.15) is 0 Å². The Morgan fingerprint density at radius 1 is 0.811 bits per heavy atom. The molecule has 1 heterocycles. The summed E-state index contributed by atoms with van der Waals surface area (Å²) in [4.78, 5) is 75.5. The van der Waals surface area contributed by atoms with Gasteiger partial charge in [-0.15, -0.1) is 0 Å². The van der Waals surface area contributed by atoms with Gasteiger partial charge in [0.25, 0.3) is 5.79 Å². The topological polar surface area (TPSA) is 198 Å². The van der Waals surface area contributed by atoms with E-state index in [4.69, 9.17) is 65.2 Å². The highest BCUT2D eigenvalue weighted by Gasteiger charge is 2.60. The van der Waals surface area contributed by atoms with Gasteiger partial charge in [0.2, 0.25) is 5.91 Å². The van der Waals surface area contributed by atoms with Crippen molar-refractivity contribution in [3.05, 3.63) is 69.7 Å². The van der Waals surface area contributed by atoms with Crippen molar-refractivity contribution < 1.29 is 70.8 Å². The molecule has 0 aliphatic carbocycles. The van der Waals surface area contributed by atoms with Crippen LogP contribution in [0.25, 0.3) is 0 Å². The molecule has 6 atom stereocenters. The lowest BCUT2D eigenvalue weighted by molar-refractivity contribution is -0.292. The first kappa shape index (κ1) is 43.5. The fourth-order valence-corrected chi connectivity index (χ4v) is 6.49. The van der Waals surface area contributed by atoms with Crippen molar-refractivity contribution >= 4 is 67.6 Å². The number of carbonyl (C=O) groups is 6. The van der Waals surface area contributed by atoms with Crippen LogP contribution in [0.5, 0.6) is 0 Å². The van der Waals surface area contributed by atoms with E-state index in [0.717, 1.165) is 41.7 Å². The second-order valence-corrected chi connectivity index (χ2v) is 13.6. The van der Waals surface area contributed by atoms with Crippen LogP contribution in [-0.2, 0) is 84.0 Å². The molecule has 2 unspecified atom stereocenters. The van der Waals surface area contributed by atoms with Crippen LogP contribution in [0.3, 0.4) is 0 Å². The second-order valence-electron chi connectivity index (χ2n) is 11.5. The molecule has 0 aromatic heterocycles. The minimum absolute atomic E-state index is 0.112. The number of amides is 1. The van der Waals surface area contributed by atoms with Crippen LogP contribution in [0.1, 0.15) is 52.2 Å². The summed E-state index contributed by atoms with van der Waals surface area (Å²) in [7, 11) is -1.55. The summed E-state index contributed by atoms with van der Waals surface area (Å²) >= 11 is 12.1. The summed E-state index contributed by atoms with van der Waals surface area (Å²) in [5, 5.41) is 3.55. The van der Waals surface area contributed by atoms with E-state index in [-0.39, 0.29) is 13.2 Å². The molecule has 0 bridgehead atoms. The summed E-state index contributed by atoms with van der Waals surface area (Å²) < 4.78 is 51.5. The third-order valence-electron chi connectivity index (χ3n) is 7.22. The van der Waals surface area contributed by atoms with Crippen LogP contribution in [-0.4, -0.2) is 85.7 Å². The number of rotatable bonds is 17. The summed E-state index contributed by atoms with van der Waals surface area (Å²) in [6.07, 6.45) is -7.14. The highest BCUT2D eigenvalue weighted by atomic mass is 35.5. The molecule has 1 aliphatic rings. The Labute approximate surface area is 316 Å². The maximum Gasteiger partial charge on any atom is 0.367 e. The van der Waals surface area contributed by atoms with E-state index in [1.807, 2.05) is 0 Å². The number of benzene rings is 2. The summed E-state index contributed by atoms with van der Waals surface area (Å²) in [5.41, 5.74) is 1.28. The SMILES string of the molecule is COC(=O)[C@]1(OP(OCc2ccc(Cl)cc2)OCc2ccc(Cl)cc2)CC(OC(C)=O)[C@@H](NC(C)=O)C([C@H](OC(C)=O)[C@@H](COC(C)=O)OC(C)=O)O1. The second kappa shape index (κ2) is 20.5. The Kier molecular flexibility index (Phi) is 16.9. The smallest absolute Gasteiger partial charge is 0.367 e. The molecule has 1 fully saturated rings. The standard InChI is InChI=1S/C34H40Cl2NO15P/c1-19(38)37-30-28(48-21(3)40)15-34(33(43)44-6,51-32(30)31(50-23(5)42)29(49-22(4)41)18-45-20(2)39)52-53(46-16-24-7-11-26(35)12-8-24)47-17-25-9-13-27(36)14-10-25/h7-14,28-32H,15-18H2,1-6H3,(H,37,38)/t28?,29-,30-,31-,32?,34-/m1/s1. The Morgan fingerprint density at radius 2 is 1.34 bits per heavy atom. The van der Waals surface area contributed by atoms with Crippen LogP contribution in [0, 0.1) is 0 Å². The van der Waals surface area contributed by atoms with Gasteiger partial charge in [-0.3, -0.25) is 28.5 Å². The van der Waals surface area contributed by atoms with Gasteiger partial charge in [0.05, 0.1) is 32.8 Å². The van der Waals surface area contributed by atoms with Crippen molar-refractivity contribution in [2.24, 2.45) is 0 Å². The number of halogens is 2. The highest BCUT2D eigenvalue weighted by molar-refractivity contribution is 7.41. The number of nitrogens with one attached hydrogen (secondary N) is 1. The van der Waals surface area contributed by atoms with Gasteiger partial charge in [-0.25, -0.2) is 4.79 Å². The summed E-state index contributed by atoms with van der Waals surface area (Å²) in [6.45, 7) is 4.51. The van der Waals surface area contributed by atoms with Gasteiger partial charge < -0.3 is 42.8 Å². The van der Waals surface area contributed by atoms with Crippen LogP contribution >= 0.6 is 31.8 Å². The number of hydrogen-bond acceptors (Lipinski definition) is 15. The molecular weight excluding hydrogens is 764 g/mol. The molecular formula is C34H40Cl2NO15P. The zero-order valence-electron chi connectivity index (χ0n) is 29.7. The van der Waals surface area contributed by atoms with Gasteiger partial charge in [0.15, 0.2) is 12.2 Å². The molecule has 19 heteroatoms. The molecule has 1 amide bonds. The largest absolute Gasteiger partial charge is 0.465 e. The quantitative estimate of drug-likeness (QED) is 0.133. The molecule has 0 radical (unpaired) electrons. The zero-order chi connectivity index (χ0) is 39.3. The van der Waals surface area contributed by atoms with Crippen LogP contribution in [0.4, 0.5) is 0 Å². The van der Waals surface area contributed by atoms with E-state index >= 15 is 0 Å². The Morgan fingerprint density at radius 3 is 1.77 bits per heavy atom. The van der Waals surface area contributed by atoms with Gasteiger partial charge in [0.1, 0.15) is 18.8 Å². The third kappa shape index (κ3) is 13.8. The van der Waals surface area contributed by atoms with E-state index in [2.05, 4.69) is 5.32 Å². The maximum atomic E-state index is 13.9. The first-order valence-electron chi connectivity index (χ1n) is 15.9. The van der Waals surface area contributed by atoms with Crippen LogP contribution < -0.4 is 5.32 Å². The number of hydrogen-bond donors (Lipinski definition) is 1. The first-order valence-corrected chi connectivity index (χ1v) is 17.8. The van der Waals surface area contributed by atoms with Gasteiger partial charge >= 0.3 is 38.4 Å². The first-order chi connectivity index (χ1) is 25.0. The molecule has 1 N–H and O–H groups in total. The molecule has 0 saturated carbocycles. The fraction of sp³-hybridized carbons (Fsp3) is 0.471. The highest BCUT2D eigenvalue weighted by Crippen LogP contribution is 2.50. The average molecular weight is 805 g/mol. The van der Waals surface area contributed by atoms with Crippen molar-refractivity contribution in [2.75, 3.05) is 13.7 Å². The lowest BCUT2D eigenvalue weighted by Gasteiger charge is -2.48. The number of ether oxygens (including phenoxy) is 6. The summed E-state index contributed by atoms with van der Waals surface area (Å²) in [5.74, 6) is -7.83. The average Bonchev–Trinajstić information content (AvgIpc) is 3.08. The van der Waals surface area contributed by atoms with Gasteiger partial charge in [0, 0.05) is 44.7 Å². The van der Waals surface area contributed by atoms with Crippen molar-refractivity contribution in [1.82, 2.24) is 5.32 Å². The monoisotopic (exact) mass is 803 g/mol. The number of esters is 5. The lowest BCUT2D eigenvalue weighted by Crippen LogP contribution is -2.69. The Bertz CT molecular complexity index is 1550. The molecule has 16 nitrogen and oxygen atoms in total. The number of methoxy groups -OCH3 is 1. The van der Waals surface area contributed by atoms with E-state index in [0.29, 0.717) is 21.2 Å². The van der Waals surface area contributed by atoms with Crippen molar-refractivity contribution in [2.45, 2.75) is 90.5 Å². The van der Waals surface area contributed by atoms with Crippen molar-refractivity contribution in [3.63, 3.8) is 0 Å². The number of carbonyl (C=O) groups excluding carboxylic acids is 6. The van der Waals surface area contributed by atoms with E-state index < -0.39 is 93.6 Å². The molecule has 1 saturated heterocycles. The van der Waals surface area contributed by atoms with E-state index in [9.17, 15) is 28.8 Å². The maximum absolute atomic E-state index is 13.9. The Hall–Kier alpha value is -3.89. The minimum atomic E-state index is -2.59. The minimum Gasteiger partial charge on any atom is -0.465 e. The van der Waals surface area contributed by atoms with Gasteiger partial charge in [-0.1, -0.05) is 47.5 Å². The lowest BCUT2D eigenvalue weighted by atomic mass is 9.88. The van der Waals surface area contributed by atoms with Crippen LogP contribution in [0.15, 0.2) is 48.5 Å². The Balaban J connectivity index is 2.18. The van der Waals surface area contributed by atoms with Crippen LogP contribution in [0.2, 0.25) is 10.0 Å². The normalized spacial score (nSPS) is 20.7. The predicted molar refractivity (Wildman–Crippen MR) is 186 cm³/mol. The van der Waals surface area contributed by atoms with Crippen molar-refractivity contribution in [3.8, 4) is 0 Å². The van der Waals surface area contributed by atoms with E-state index in [1.54, 1.807) is 48.5 Å². The fourth-order valence-electron chi connectivity index (χ4n) is 5.12.